The van der Waals surface area contributed by atoms with Gasteiger partial charge in [-0.1, -0.05) is 24.6 Å². The van der Waals surface area contributed by atoms with Crippen LogP contribution in [0, 0.1) is 0 Å². The fraction of sp³-hybridized carbons (Fsp3) is 0.385. The van der Waals surface area contributed by atoms with Gasteiger partial charge in [0.15, 0.2) is 0 Å². The highest BCUT2D eigenvalue weighted by Crippen LogP contribution is 2.25. The number of rotatable bonds is 3. The summed E-state index contributed by atoms with van der Waals surface area (Å²) >= 11 is 5.88. The Bertz CT molecular complexity index is 490. The molecule has 0 aromatic heterocycles. The topological polar surface area (TPSA) is 40.6 Å². The van der Waals surface area contributed by atoms with Crippen molar-refractivity contribution in [2.45, 2.75) is 26.3 Å². The van der Waals surface area contributed by atoms with Crippen LogP contribution in [-0.2, 0) is 4.79 Å². The molecule has 3 amide bonds. The standard InChI is InChI=1S/C13H15ClN2O2/c1-3-9(2)15-8-12(17)16(13(15)18)11-6-4-5-10(14)7-11/h4-7,9H,3,8H2,1-2H3. The van der Waals surface area contributed by atoms with Gasteiger partial charge in [-0.3, -0.25) is 4.79 Å². The molecule has 1 heterocycles. The first-order valence-electron chi connectivity index (χ1n) is 5.93. The van der Waals surface area contributed by atoms with Crippen molar-refractivity contribution in [1.29, 1.82) is 0 Å². The minimum atomic E-state index is -0.267. The third kappa shape index (κ3) is 2.20. The lowest BCUT2D eigenvalue weighted by atomic mass is 10.2. The maximum absolute atomic E-state index is 12.2. The van der Waals surface area contributed by atoms with Crippen LogP contribution in [-0.4, -0.2) is 29.4 Å². The number of hydrogen-bond acceptors (Lipinski definition) is 2. The number of amides is 3. The maximum atomic E-state index is 12.2. The Morgan fingerprint density at radius 1 is 1.39 bits per heavy atom. The Balaban J connectivity index is 2.30. The molecule has 0 aliphatic carbocycles. The number of carbonyl (C=O) groups is 2. The van der Waals surface area contributed by atoms with E-state index in [0.717, 1.165) is 6.42 Å². The summed E-state index contributed by atoms with van der Waals surface area (Å²) in [4.78, 5) is 26.9. The zero-order chi connectivity index (χ0) is 13.3. The van der Waals surface area contributed by atoms with E-state index in [1.54, 1.807) is 29.2 Å². The van der Waals surface area contributed by atoms with Gasteiger partial charge in [0.1, 0.15) is 6.54 Å². The molecule has 5 heteroatoms. The van der Waals surface area contributed by atoms with Crippen molar-refractivity contribution >= 4 is 29.2 Å². The van der Waals surface area contributed by atoms with E-state index in [4.69, 9.17) is 11.6 Å². The molecule has 0 spiro atoms. The quantitative estimate of drug-likeness (QED) is 0.790. The predicted octanol–water partition coefficient (Wildman–Crippen LogP) is 2.91. The summed E-state index contributed by atoms with van der Waals surface area (Å²) in [5.41, 5.74) is 0.531. The smallest absolute Gasteiger partial charge is 0.312 e. The molecule has 0 radical (unpaired) electrons. The maximum Gasteiger partial charge on any atom is 0.332 e. The molecule has 0 N–H and O–H groups in total. The molecule has 1 aliphatic heterocycles. The molecule has 0 bridgehead atoms. The molecule has 96 valence electrons. The third-order valence-corrected chi connectivity index (χ3v) is 3.42. The molecule has 0 saturated carbocycles. The molecule has 1 aromatic rings. The second-order valence-corrected chi connectivity index (χ2v) is 4.81. The average Bonchev–Trinajstić information content (AvgIpc) is 2.64. The van der Waals surface area contributed by atoms with Gasteiger partial charge in [-0.05, 0) is 31.5 Å². The molecule has 2 rings (SSSR count). The van der Waals surface area contributed by atoms with Crippen LogP contribution in [0.3, 0.4) is 0 Å². The molecule has 1 aliphatic rings. The van der Waals surface area contributed by atoms with Crippen molar-refractivity contribution in [3.63, 3.8) is 0 Å². The van der Waals surface area contributed by atoms with Gasteiger partial charge in [0, 0.05) is 11.1 Å². The highest BCUT2D eigenvalue weighted by atomic mass is 35.5. The lowest BCUT2D eigenvalue weighted by Crippen LogP contribution is -2.37. The van der Waals surface area contributed by atoms with Crippen LogP contribution < -0.4 is 4.90 Å². The van der Waals surface area contributed by atoms with Crippen molar-refractivity contribution in [2.75, 3.05) is 11.4 Å². The van der Waals surface area contributed by atoms with Crippen molar-refractivity contribution in [2.24, 2.45) is 0 Å². The third-order valence-electron chi connectivity index (χ3n) is 3.18. The minimum Gasteiger partial charge on any atom is -0.312 e. The van der Waals surface area contributed by atoms with E-state index >= 15 is 0 Å². The first-order chi connectivity index (χ1) is 8.54. The van der Waals surface area contributed by atoms with Gasteiger partial charge in [-0.15, -0.1) is 0 Å². The van der Waals surface area contributed by atoms with Crippen LogP contribution in [0.25, 0.3) is 0 Å². The second kappa shape index (κ2) is 4.98. The van der Waals surface area contributed by atoms with Crippen LogP contribution >= 0.6 is 11.6 Å². The Morgan fingerprint density at radius 2 is 2.11 bits per heavy atom. The van der Waals surface area contributed by atoms with E-state index in [0.29, 0.717) is 10.7 Å². The van der Waals surface area contributed by atoms with Crippen molar-refractivity contribution in [3.05, 3.63) is 29.3 Å². The number of urea groups is 1. The van der Waals surface area contributed by atoms with Gasteiger partial charge >= 0.3 is 6.03 Å². The number of halogens is 1. The summed E-state index contributed by atoms with van der Waals surface area (Å²) in [6, 6.07) is 6.56. The summed E-state index contributed by atoms with van der Waals surface area (Å²) in [5, 5.41) is 0.509. The molecule has 4 nitrogen and oxygen atoms in total. The van der Waals surface area contributed by atoms with E-state index in [9.17, 15) is 9.59 Å². The normalized spacial score (nSPS) is 17.5. The first kappa shape index (κ1) is 12.9. The van der Waals surface area contributed by atoms with Crippen molar-refractivity contribution < 1.29 is 9.59 Å². The molecular formula is C13H15ClN2O2. The van der Waals surface area contributed by atoms with Crippen LogP contribution in [0.5, 0.6) is 0 Å². The van der Waals surface area contributed by atoms with E-state index in [2.05, 4.69) is 0 Å². The molecule has 1 unspecified atom stereocenters. The molecule has 1 atom stereocenters. The summed E-state index contributed by atoms with van der Waals surface area (Å²) < 4.78 is 0. The van der Waals surface area contributed by atoms with Crippen LogP contribution in [0.15, 0.2) is 24.3 Å². The fourth-order valence-electron chi connectivity index (χ4n) is 1.95. The zero-order valence-electron chi connectivity index (χ0n) is 10.4. The van der Waals surface area contributed by atoms with Crippen LogP contribution in [0.1, 0.15) is 20.3 Å². The highest BCUT2D eigenvalue weighted by molar-refractivity contribution is 6.31. The van der Waals surface area contributed by atoms with Crippen molar-refractivity contribution in [1.82, 2.24) is 4.90 Å². The Morgan fingerprint density at radius 3 is 2.72 bits per heavy atom. The lowest BCUT2D eigenvalue weighted by Gasteiger charge is -2.22. The molecule has 1 saturated heterocycles. The summed E-state index contributed by atoms with van der Waals surface area (Å²) in [6.45, 7) is 4.07. The number of carbonyl (C=O) groups excluding carboxylic acids is 2. The minimum absolute atomic E-state index is 0.0608. The van der Waals surface area contributed by atoms with Gasteiger partial charge in [-0.25, -0.2) is 9.69 Å². The molecule has 1 fully saturated rings. The van der Waals surface area contributed by atoms with E-state index in [1.807, 2.05) is 13.8 Å². The van der Waals surface area contributed by atoms with Crippen LogP contribution in [0.2, 0.25) is 5.02 Å². The Hall–Kier alpha value is -1.55. The van der Waals surface area contributed by atoms with Gasteiger partial charge in [0.25, 0.3) is 5.91 Å². The van der Waals surface area contributed by atoms with Gasteiger partial charge < -0.3 is 4.90 Å². The monoisotopic (exact) mass is 266 g/mol. The summed E-state index contributed by atoms with van der Waals surface area (Å²) in [5.74, 6) is -0.206. The van der Waals surface area contributed by atoms with Gasteiger partial charge in [0.05, 0.1) is 5.69 Å². The highest BCUT2D eigenvalue weighted by Gasteiger charge is 2.38. The summed E-state index contributed by atoms with van der Waals surface area (Å²) in [7, 11) is 0. The van der Waals surface area contributed by atoms with Crippen molar-refractivity contribution in [3.8, 4) is 0 Å². The number of benzene rings is 1. The van der Waals surface area contributed by atoms with E-state index < -0.39 is 0 Å². The number of imide groups is 1. The second-order valence-electron chi connectivity index (χ2n) is 4.38. The predicted molar refractivity (Wildman–Crippen MR) is 70.8 cm³/mol. The van der Waals surface area contributed by atoms with Gasteiger partial charge in [-0.2, -0.15) is 0 Å². The molecular weight excluding hydrogens is 252 g/mol. The fourth-order valence-corrected chi connectivity index (χ4v) is 2.14. The number of nitrogens with zero attached hydrogens (tertiary/aromatic N) is 2. The molecule has 1 aromatic carbocycles. The Kier molecular flexibility index (Phi) is 3.57. The van der Waals surface area contributed by atoms with E-state index in [-0.39, 0.29) is 24.5 Å². The lowest BCUT2D eigenvalue weighted by molar-refractivity contribution is -0.116. The largest absolute Gasteiger partial charge is 0.332 e. The first-order valence-corrected chi connectivity index (χ1v) is 6.31. The SMILES string of the molecule is CCC(C)N1CC(=O)N(c2cccc(Cl)c2)C1=O. The number of anilines is 1. The summed E-state index contributed by atoms with van der Waals surface area (Å²) in [6.07, 6.45) is 0.822. The van der Waals surface area contributed by atoms with Gasteiger partial charge in [0.2, 0.25) is 0 Å². The average molecular weight is 267 g/mol. The number of hydrogen-bond donors (Lipinski definition) is 0. The zero-order valence-corrected chi connectivity index (χ0v) is 11.1. The Labute approximate surface area is 111 Å². The van der Waals surface area contributed by atoms with Crippen LogP contribution in [0.4, 0.5) is 10.5 Å². The molecule has 18 heavy (non-hydrogen) atoms. The van der Waals surface area contributed by atoms with E-state index in [1.165, 1.54) is 4.90 Å².